The molecule has 0 spiro atoms. The molecule has 1 aromatic heterocycles. The second-order valence-electron chi connectivity index (χ2n) is 8.95. The molecule has 0 aliphatic carbocycles. The van der Waals surface area contributed by atoms with Crippen molar-refractivity contribution < 1.29 is 14.3 Å². The zero-order valence-corrected chi connectivity index (χ0v) is 20.0. The topological polar surface area (TPSA) is 95.3 Å². The molecule has 2 aromatic carbocycles. The van der Waals surface area contributed by atoms with E-state index in [2.05, 4.69) is 31.1 Å². The molecule has 0 aliphatic heterocycles. The molecule has 1 unspecified atom stereocenters. The molecule has 0 saturated heterocycles. The van der Waals surface area contributed by atoms with E-state index >= 15 is 0 Å². The summed E-state index contributed by atoms with van der Waals surface area (Å²) in [5.41, 5.74) is 2.90. The Morgan fingerprint density at radius 2 is 1.68 bits per heavy atom. The van der Waals surface area contributed by atoms with Crippen LogP contribution in [0.5, 0.6) is 5.75 Å². The molecule has 3 rings (SSSR count). The van der Waals surface area contributed by atoms with Crippen LogP contribution in [0, 0.1) is 11.3 Å². The van der Waals surface area contributed by atoms with Gasteiger partial charge in [0.1, 0.15) is 23.6 Å². The first-order valence-electron chi connectivity index (χ1n) is 10.8. The number of aromatic nitrogens is 1. The van der Waals surface area contributed by atoms with Crippen LogP contribution >= 0.6 is 0 Å². The Labute approximate surface area is 200 Å². The van der Waals surface area contributed by atoms with Crippen molar-refractivity contribution in [1.82, 2.24) is 9.88 Å². The van der Waals surface area contributed by atoms with Gasteiger partial charge in [-0.2, -0.15) is 5.26 Å². The van der Waals surface area contributed by atoms with Gasteiger partial charge in [-0.25, -0.2) is 4.98 Å². The number of rotatable bonds is 6. The number of carbonyl (C=O) groups is 2. The van der Waals surface area contributed by atoms with E-state index in [1.807, 2.05) is 30.3 Å². The highest BCUT2D eigenvalue weighted by Gasteiger charge is 2.30. The number of methoxy groups -OCH3 is 1. The van der Waals surface area contributed by atoms with E-state index in [1.54, 1.807) is 38.4 Å². The lowest BCUT2D eigenvalue weighted by atomic mass is 9.87. The molecule has 34 heavy (non-hydrogen) atoms. The third-order valence-corrected chi connectivity index (χ3v) is 5.53. The van der Waals surface area contributed by atoms with Crippen LogP contribution < -0.4 is 10.1 Å². The molecule has 7 nitrogen and oxygen atoms in total. The van der Waals surface area contributed by atoms with Gasteiger partial charge in [-0.1, -0.05) is 45.0 Å². The highest BCUT2D eigenvalue weighted by atomic mass is 16.5. The van der Waals surface area contributed by atoms with E-state index in [0.717, 1.165) is 5.56 Å². The highest BCUT2D eigenvalue weighted by Crippen LogP contribution is 2.27. The van der Waals surface area contributed by atoms with Gasteiger partial charge in [0.15, 0.2) is 0 Å². The summed E-state index contributed by atoms with van der Waals surface area (Å²) >= 11 is 0. The van der Waals surface area contributed by atoms with E-state index in [1.165, 1.54) is 23.2 Å². The molecule has 0 saturated carbocycles. The van der Waals surface area contributed by atoms with Crippen LogP contribution in [0.1, 0.15) is 54.0 Å². The van der Waals surface area contributed by atoms with E-state index in [9.17, 15) is 9.59 Å². The number of nitrogens with zero attached hydrogens (tertiary/aromatic N) is 3. The SMILES string of the molecule is COc1ccc(C(C(=O)Nc2ccc(C(C)(C)C)cc2)N(C)C(=O)c2ccc(C#N)nc2)cc1. The molecule has 2 amide bonds. The average molecular weight is 457 g/mol. The lowest BCUT2D eigenvalue weighted by molar-refractivity contribution is -0.120. The van der Waals surface area contributed by atoms with Crippen LogP contribution in [-0.4, -0.2) is 35.9 Å². The number of hydrogen-bond acceptors (Lipinski definition) is 5. The zero-order chi connectivity index (χ0) is 24.9. The van der Waals surface area contributed by atoms with Gasteiger partial charge in [0, 0.05) is 18.9 Å². The zero-order valence-electron chi connectivity index (χ0n) is 20.0. The maximum absolute atomic E-state index is 13.4. The normalized spacial score (nSPS) is 11.8. The van der Waals surface area contributed by atoms with Crippen LogP contribution in [0.15, 0.2) is 66.9 Å². The summed E-state index contributed by atoms with van der Waals surface area (Å²) in [6.07, 6.45) is 1.34. The third kappa shape index (κ3) is 5.59. The number of amides is 2. The van der Waals surface area contributed by atoms with Gasteiger partial charge in [-0.3, -0.25) is 9.59 Å². The van der Waals surface area contributed by atoms with Crippen molar-refractivity contribution in [2.45, 2.75) is 32.2 Å². The fourth-order valence-corrected chi connectivity index (χ4v) is 3.51. The number of carbonyl (C=O) groups excluding carboxylic acids is 2. The van der Waals surface area contributed by atoms with Crippen LogP contribution in [0.25, 0.3) is 0 Å². The Bertz CT molecular complexity index is 1190. The van der Waals surface area contributed by atoms with Crippen LogP contribution in [0.3, 0.4) is 0 Å². The van der Waals surface area contributed by atoms with Crippen molar-refractivity contribution in [2.75, 3.05) is 19.5 Å². The predicted molar refractivity (Wildman–Crippen MR) is 131 cm³/mol. The van der Waals surface area contributed by atoms with E-state index in [4.69, 9.17) is 10.00 Å². The number of ether oxygens (including phenoxy) is 1. The molecule has 3 aromatic rings. The number of nitriles is 1. The molecular weight excluding hydrogens is 428 g/mol. The van der Waals surface area contributed by atoms with E-state index in [-0.39, 0.29) is 22.6 Å². The Balaban J connectivity index is 1.91. The molecule has 0 bridgehead atoms. The molecule has 174 valence electrons. The molecular formula is C27H28N4O3. The molecule has 0 aliphatic rings. The Morgan fingerprint density at radius 3 is 2.18 bits per heavy atom. The first kappa shape index (κ1) is 24.5. The maximum atomic E-state index is 13.4. The first-order valence-corrected chi connectivity index (χ1v) is 10.8. The van der Waals surface area contributed by atoms with Gasteiger partial charge >= 0.3 is 0 Å². The van der Waals surface area contributed by atoms with Crippen LogP contribution in [0.4, 0.5) is 5.69 Å². The largest absolute Gasteiger partial charge is 0.497 e. The minimum atomic E-state index is -0.906. The van der Waals surface area contributed by atoms with Gasteiger partial charge in [-0.05, 0) is 52.9 Å². The monoisotopic (exact) mass is 456 g/mol. The molecule has 7 heteroatoms. The van der Waals surface area contributed by atoms with Gasteiger partial charge in [0.25, 0.3) is 11.8 Å². The molecule has 0 fully saturated rings. The maximum Gasteiger partial charge on any atom is 0.256 e. The second kappa shape index (κ2) is 10.2. The standard InChI is InChI=1S/C27H28N4O3/c1-27(2,3)20-9-12-21(13-10-20)30-25(32)24(18-7-14-23(34-5)15-8-18)31(4)26(33)19-6-11-22(16-28)29-17-19/h6-15,17,24H,1-5H3,(H,30,32). The smallest absolute Gasteiger partial charge is 0.256 e. The minimum absolute atomic E-state index is 0.00403. The Kier molecular flexibility index (Phi) is 7.32. The fourth-order valence-electron chi connectivity index (χ4n) is 3.51. The van der Waals surface area contributed by atoms with Crippen molar-refractivity contribution in [1.29, 1.82) is 5.26 Å². The third-order valence-electron chi connectivity index (χ3n) is 5.53. The summed E-state index contributed by atoms with van der Waals surface area (Å²) < 4.78 is 5.23. The van der Waals surface area contributed by atoms with Crippen molar-refractivity contribution in [3.05, 3.63) is 89.2 Å². The van der Waals surface area contributed by atoms with Crippen molar-refractivity contribution in [2.24, 2.45) is 0 Å². The summed E-state index contributed by atoms with van der Waals surface area (Å²) in [6, 6.07) is 18.7. The Morgan fingerprint density at radius 1 is 1.03 bits per heavy atom. The summed E-state index contributed by atoms with van der Waals surface area (Å²) in [4.78, 5) is 32.0. The van der Waals surface area contributed by atoms with E-state index in [0.29, 0.717) is 17.0 Å². The number of nitrogens with one attached hydrogen (secondary N) is 1. The molecule has 1 N–H and O–H groups in total. The summed E-state index contributed by atoms with van der Waals surface area (Å²) in [7, 11) is 3.13. The predicted octanol–water partition coefficient (Wildman–Crippen LogP) is 4.71. The lowest BCUT2D eigenvalue weighted by Gasteiger charge is -2.28. The number of hydrogen-bond donors (Lipinski definition) is 1. The highest BCUT2D eigenvalue weighted by molar-refractivity contribution is 6.01. The Hall–Kier alpha value is -4.18. The van der Waals surface area contributed by atoms with E-state index < -0.39 is 11.9 Å². The van der Waals surface area contributed by atoms with Crippen LogP contribution in [-0.2, 0) is 10.2 Å². The van der Waals surface area contributed by atoms with Gasteiger partial charge in [-0.15, -0.1) is 0 Å². The number of benzene rings is 2. The second-order valence-corrected chi connectivity index (χ2v) is 8.95. The summed E-state index contributed by atoms with van der Waals surface area (Å²) in [5.74, 6) is -0.104. The molecule has 1 atom stereocenters. The van der Waals surface area contributed by atoms with Gasteiger partial charge in [0.05, 0.1) is 12.7 Å². The number of likely N-dealkylation sites (N-methyl/N-ethyl adjacent to an activating group) is 1. The first-order chi connectivity index (χ1) is 16.1. The summed E-state index contributed by atoms with van der Waals surface area (Å²) in [6.45, 7) is 6.37. The summed E-state index contributed by atoms with van der Waals surface area (Å²) in [5, 5.41) is 11.9. The quantitative estimate of drug-likeness (QED) is 0.579. The lowest BCUT2D eigenvalue weighted by Crippen LogP contribution is -2.38. The van der Waals surface area contributed by atoms with Crippen molar-refractivity contribution in [3.63, 3.8) is 0 Å². The average Bonchev–Trinajstić information content (AvgIpc) is 2.84. The number of anilines is 1. The fraction of sp³-hybridized carbons (Fsp3) is 0.259. The van der Waals surface area contributed by atoms with Gasteiger partial charge in [0.2, 0.25) is 0 Å². The van der Waals surface area contributed by atoms with Crippen LogP contribution in [0.2, 0.25) is 0 Å². The van der Waals surface area contributed by atoms with Crippen molar-refractivity contribution in [3.8, 4) is 11.8 Å². The molecule has 0 radical (unpaired) electrons. The van der Waals surface area contributed by atoms with Gasteiger partial charge < -0.3 is 15.0 Å². The molecule has 1 heterocycles. The minimum Gasteiger partial charge on any atom is -0.497 e. The number of pyridine rings is 1. The van der Waals surface area contributed by atoms with Crippen molar-refractivity contribution >= 4 is 17.5 Å².